The van der Waals surface area contributed by atoms with E-state index in [9.17, 15) is 9.59 Å². The number of nitrogens with one attached hydrogen (secondary N) is 2. The maximum Gasteiger partial charge on any atom is 0.255 e. The summed E-state index contributed by atoms with van der Waals surface area (Å²) < 4.78 is 0. The molecule has 5 heteroatoms. The summed E-state index contributed by atoms with van der Waals surface area (Å²) in [5.41, 5.74) is 0.707. The minimum atomic E-state index is -0.659. The van der Waals surface area contributed by atoms with Crippen LogP contribution in [0.2, 0.25) is 0 Å². The molecule has 1 aromatic rings. The van der Waals surface area contributed by atoms with Gasteiger partial charge in [0.05, 0.1) is 0 Å². The molecule has 0 spiro atoms. The van der Waals surface area contributed by atoms with Gasteiger partial charge in [-0.3, -0.25) is 20.3 Å². The third-order valence-electron chi connectivity index (χ3n) is 2.35. The molecule has 5 nitrogen and oxygen atoms in total. The lowest BCUT2D eigenvalue weighted by atomic mass is 10.1. The van der Waals surface area contributed by atoms with Crippen molar-refractivity contribution in [1.29, 1.82) is 0 Å². The quantitative estimate of drug-likeness (QED) is 0.358. The van der Waals surface area contributed by atoms with Gasteiger partial charge in [-0.1, -0.05) is 26.2 Å². The van der Waals surface area contributed by atoms with E-state index >= 15 is 0 Å². The summed E-state index contributed by atoms with van der Waals surface area (Å²) in [4.78, 5) is 21.9. The van der Waals surface area contributed by atoms with Gasteiger partial charge in [0.25, 0.3) is 10.9 Å². The Labute approximate surface area is 87.8 Å². The Kier molecular flexibility index (Phi) is 4.30. The highest BCUT2D eigenvalue weighted by Crippen LogP contribution is 2.13. The van der Waals surface area contributed by atoms with E-state index in [0.717, 1.165) is 19.3 Å². The Morgan fingerprint density at radius 3 is 2.33 bits per heavy atom. The van der Waals surface area contributed by atoms with E-state index < -0.39 is 10.9 Å². The van der Waals surface area contributed by atoms with Crippen LogP contribution in [0.1, 0.15) is 32.6 Å². The lowest BCUT2D eigenvalue weighted by molar-refractivity contribution is 0.387. The van der Waals surface area contributed by atoms with Crippen molar-refractivity contribution in [1.82, 2.24) is 0 Å². The minimum absolute atomic E-state index is 0.0181. The first-order valence-electron chi connectivity index (χ1n) is 5.19. The summed E-state index contributed by atoms with van der Waals surface area (Å²) in [6, 6.07) is 0. The highest BCUT2D eigenvalue weighted by molar-refractivity contribution is 5.72. The lowest BCUT2D eigenvalue weighted by Gasteiger charge is -2.11. The summed E-state index contributed by atoms with van der Waals surface area (Å²) >= 11 is 0. The summed E-state index contributed by atoms with van der Waals surface area (Å²) in [6.45, 7) is 2.78. The number of unbranched alkanes of at least 4 members (excludes halogenated alkanes) is 3. The summed E-state index contributed by atoms with van der Waals surface area (Å²) in [7, 11) is 0. The van der Waals surface area contributed by atoms with Crippen LogP contribution in [-0.2, 0) is 0 Å². The van der Waals surface area contributed by atoms with Crippen LogP contribution in [0.3, 0.4) is 0 Å². The summed E-state index contributed by atoms with van der Waals surface area (Å²) in [6.07, 6.45) is 4.38. The molecule has 0 amide bonds. The molecule has 0 fully saturated rings. The van der Waals surface area contributed by atoms with E-state index in [1.807, 2.05) is 0 Å². The minimum Gasteiger partial charge on any atom is -0.380 e. The topological polar surface area (TPSA) is 78.4 Å². The van der Waals surface area contributed by atoms with Crippen molar-refractivity contribution in [2.75, 3.05) is 17.3 Å². The van der Waals surface area contributed by atoms with Gasteiger partial charge in [-0.15, -0.1) is 0 Å². The molecule has 0 atom stereocenters. The fourth-order valence-corrected chi connectivity index (χ4v) is 1.43. The van der Waals surface area contributed by atoms with E-state index in [0.29, 0.717) is 6.54 Å². The van der Waals surface area contributed by atoms with Gasteiger partial charge in [-0.2, -0.15) is 0 Å². The molecule has 84 valence electrons. The molecule has 0 bridgehead atoms. The second-order valence-corrected chi connectivity index (χ2v) is 3.51. The normalized spacial score (nSPS) is 10.5. The van der Waals surface area contributed by atoms with Crippen molar-refractivity contribution < 1.29 is 5.21 Å². The molecule has 0 aliphatic heterocycles. The highest BCUT2D eigenvalue weighted by atomic mass is 16.5. The zero-order valence-electron chi connectivity index (χ0n) is 8.80. The van der Waals surface area contributed by atoms with E-state index in [1.165, 1.54) is 6.42 Å². The third kappa shape index (κ3) is 2.56. The standard InChI is InChI=1S/C10H16N2O3/c1-2-3-4-5-6-11-7-8(12-15)10(14)9(7)13/h11-12,15H,2-6H2,1H3. The first-order chi connectivity index (χ1) is 7.22. The average molecular weight is 212 g/mol. The number of hydrogen-bond acceptors (Lipinski definition) is 5. The van der Waals surface area contributed by atoms with Gasteiger partial charge in [0.2, 0.25) is 0 Å². The predicted octanol–water partition coefficient (Wildman–Crippen LogP) is 1.08. The van der Waals surface area contributed by atoms with Crippen molar-refractivity contribution in [3.63, 3.8) is 0 Å². The first kappa shape index (κ1) is 11.7. The summed E-state index contributed by atoms with van der Waals surface area (Å²) in [5.74, 6) is 0. The van der Waals surface area contributed by atoms with Crippen molar-refractivity contribution >= 4 is 11.4 Å². The molecule has 0 saturated carbocycles. The van der Waals surface area contributed by atoms with Gasteiger partial charge in [0.1, 0.15) is 11.4 Å². The SMILES string of the molecule is CCCCCCNc1c(NO)c(=O)c1=O. The van der Waals surface area contributed by atoms with Crippen LogP contribution >= 0.6 is 0 Å². The second-order valence-electron chi connectivity index (χ2n) is 3.51. The van der Waals surface area contributed by atoms with Gasteiger partial charge in [-0.05, 0) is 6.42 Å². The Morgan fingerprint density at radius 1 is 1.07 bits per heavy atom. The molecule has 0 aromatic heterocycles. The molecular formula is C10H16N2O3. The number of hydrogen-bond donors (Lipinski definition) is 3. The molecule has 15 heavy (non-hydrogen) atoms. The van der Waals surface area contributed by atoms with E-state index in [4.69, 9.17) is 5.21 Å². The molecular weight excluding hydrogens is 196 g/mol. The molecule has 0 saturated heterocycles. The second kappa shape index (κ2) is 5.50. The van der Waals surface area contributed by atoms with E-state index in [1.54, 1.807) is 5.48 Å². The summed E-state index contributed by atoms with van der Waals surface area (Å²) in [5, 5.41) is 11.4. The molecule has 1 rings (SSSR count). The molecule has 1 aromatic carbocycles. The van der Waals surface area contributed by atoms with Crippen LogP contribution in [0.5, 0.6) is 0 Å². The average Bonchev–Trinajstić information content (AvgIpc) is 2.26. The Hall–Kier alpha value is -1.36. The Balaban J connectivity index is 2.35. The Morgan fingerprint density at radius 2 is 1.73 bits per heavy atom. The maximum absolute atomic E-state index is 11.0. The van der Waals surface area contributed by atoms with Gasteiger partial charge in [0.15, 0.2) is 0 Å². The maximum atomic E-state index is 11.0. The smallest absolute Gasteiger partial charge is 0.255 e. The molecule has 0 heterocycles. The molecule has 3 N–H and O–H groups in total. The molecule has 0 aliphatic rings. The van der Waals surface area contributed by atoms with Gasteiger partial charge >= 0.3 is 0 Å². The van der Waals surface area contributed by atoms with Crippen LogP contribution < -0.4 is 21.7 Å². The zero-order chi connectivity index (χ0) is 11.3. The zero-order valence-corrected chi connectivity index (χ0v) is 8.80. The van der Waals surface area contributed by atoms with E-state index in [2.05, 4.69) is 12.2 Å². The Bertz CT molecular complexity index is 380. The van der Waals surface area contributed by atoms with Crippen LogP contribution in [0.25, 0.3) is 0 Å². The highest BCUT2D eigenvalue weighted by Gasteiger charge is 2.19. The third-order valence-corrected chi connectivity index (χ3v) is 2.35. The van der Waals surface area contributed by atoms with Crippen LogP contribution in [0.15, 0.2) is 9.59 Å². The molecule has 0 unspecified atom stereocenters. The monoisotopic (exact) mass is 212 g/mol. The van der Waals surface area contributed by atoms with Crippen LogP contribution in [0.4, 0.5) is 11.4 Å². The predicted molar refractivity (Wildman–Crippen MR) is 59.4 cm³/mol. The first-order valence-corrected chi connectivity index (χ1v) is 5.19. The molecule has 0 radical (unpaired) electrons. The molecule has 0 aliphatic carbocycles. The fourth-order valence-electron chi connectivity index (χ4n) is 1.43. The van der Waals surface area contributed by atoms with Gasteiger partial charge < -0.3 is 5.32 Å². The van der Waals surface area contributed by atoms with Crippen molar-refractivity contribution in [3.05, 3.63) is 20.4 Å². The van der Waals surface area contributed by atoms with E-state index in [-0.39, 0.29) is 11.4 Å². The van der Waals surface area contributed by atoms with Crippen LogP contribution in [-0.4, -0.2) is 11.8 Å². The fraction of sp³-hybridized carbons (Fsp3) is 0.600. The van der Waals surface area contributed by atoms with Gasteiger partial charge in [-0.25, -0.2) is 0 Å². The number of rotatable bonds is 7. The van der Waals surface area contributed by atoms with Crippen molar-refractivity contribution in [2.45, 2.75) is 32.6 Å². The van der Waals surface area contributed by atoms with Crippen LogP contribution in [0, 0.1) is 0 Å². The number of anilines is 2. The lowest BCUT2D eigenvalue weighted by Crippen LogP contribution is -2.37. The van der Waals surface area contributed by atoms with Crippen molar-refractivity contribution in [2.24, 2.45) is 0 Å². The van der Waals surface area contributed by atoms with Gasteiger partial charge in [0, 0.05) is 6.54 Å². The van der Waals surface area contributed by atoms with Crippen molar-refractivity contribution in [3.8, 4) is 0 Å². The largest absolute Gasteiger partial charge is 0.380 e.